The Labute approximate surface area is 126 Å². The highest BCUT2D eigenvalue weighted by Gasteiger charge is 2.34. The third kappa shape index (κ3) is 2.28. The van der Waals surface area contributed by atoms with Crippen molar-refractivity contribution in [3.05, 3.63) is 51.2 Å². The van der Waals surface area contributed by atoms with Crippen molar-refractivity contribution in [1.82, 2.24) is 0 Å². The number of hydrogen-bond acceptors (Lipinski definition) is 4. The minimum Gasteiger partial charge on any atom is -0.479 e. The van der Waals surface area contributed by atoms with Crippen LogP contribution in [0.4, 0.5) is 5.69 Å². The fourth-order valence-corrected chi connectivity index (χ4v) is 3.74. The van der Waals surface area contributed by atoms with Crippen LogP contribution in [0.25, 0.3) is 0 Å². The van der Waals surface area contributed by atoms with Crippen molar-refractivity contribution in [2.24, 2.45) is 0 Å². The van der Waals surface area contributed by atoms with Gasteiger partial charge in [0.05, 0.1) is 11.3 Å². The van der Waals surface area contributed by atoms with Gasteiger partial charge in [-0.2, -0.15) is 5.26 Å². The maximum absolute atomic E-state index is 11.7. The molecule has 0 aliphatic carbocycles. The zero-order chi connectivity index (χ0) is 15.0. The van der Waals surface area contributed by atoms with Crippen molar-refractivity contribution in [2.75, 3.05) is 11.4 Å². The van der Waals surface area contributed by atoms with Gasteiger partial charge < -0.3 is 10.0 Å². The average Bonchev–Trinajstić information content (AvgIpc) is 2.94. The molecule has 106 valence electrons. The molecule has 0 saturated carbocycles. The summed E-state index contributed by atoms with van der Waals surface area (Å²) >= 11 is 1.60. The van der Waals surface area contributed by atoms with Crippen LogP contribution in [0.2, 0.25) is 0 Å². The molecule has 5 heteroatoms. The van der Waals surface area contributed by atoms with Crippen molar-refractivity contribution >= 4 is 23.0 Å². The lowest BCUT2D eigenvalue weighted by Gasteiger charge is -2.35. The monoisotopic (exact) mass is 298 g/mol. The molecule has 0 saturated heterocycles. The number of carbonyl (C=O) groups is 1. The molecule has 1 aliphatic rings. The zero-order valence-electron chi connectivity index (χ0n) is 11.5. The molecule has 0 amide bonds. The predicted octanol–water partition coefficient (Wildman–Crippen LogP) is 3.12. The Bertz CT molecular complexity index is 745. The molecule has 1 aliphatic heterocycles. The fraction of sp³-hybridized carbons (Fsp3) is 0.250. The molecular weight excluding hydrogens is 284 g/mol. The molecule has 0 bridgehead atoms. The summed E-state index contributed by atoms with van der Waals surface area (Å²) in [6.07, 6.45) is 0.815. The van der Waals surface area contributed by atoms with Crippen molar-refractivity contribution in [3.63, 3.8) is 0 Å². The Morgan fingerprint density at radius 2 is 2.29 bits per heavy atom. The molecule has 3 rings (SSSR count). The number of nitrogens with zero attached hydrogens (tertiary/aromatic N) is 2. The Balaban J connectivity index is 2.11. The number of nitriles is 1. The maximum Gasteiger partial charge on any atom is 0.331 e. The molecule has 0 fully saturated rings. The van der Waals surface area contributed by atoms with Crippen LogP contribution < -0.4 is 4.90 Å². The van der Waals surface area contributed by atoms with Gasteiger partial charge in [0, 0.05) is 11.4 Å². The topological polar surface area (TPSA) is 64.3 Å². The summed E-state index contributed by atoms with van der Waals surface area (Å²) < 4.78 is 0. The number of benzene rings is 1. The van der Waals surface area contributed by atoms with Crippen LogP contribution in [0.15, 0.2) is 29.6 Å². The number of carboxylic acid groups (broad SMARTS) is 1. The van der Waals surface area contributed by atoms with Crippen LogP contribution in [-0.4, -0.2) is 17.6 Å². The Hall–Kier alpha value is -2.32. The van der Waals surface area contributed by atoms with Crippen molar-refractivity contribution in [2.45, 2.75) is 19.4 Å². The molecular formula is C16H14N2O2S. The smallest absolute Gasteiger partial charge is 0.331 e. The van der Waals surface area contributed by atoms with Crippen molar-refractivity contribution in [3.8, 4) is 6.07 Å². The van der Waals surface area contributed by atoms with Crippen LogP contribution in [0.5, 0.6) is 0 Å². The van der Waals surface area contributed by atoms with E-state index in [1.807, 2.05) is 35.4 Å². The number of anilines is 1. The van der Waals surface area contributed by atoms with Gasteiger partial charge in [-0.05, 0) is 48.1 Å². The lowest BCUT2D eigenvalue weighted by molar-refractivity contribution is -0.138. The van der Waals surface area contributed by atoms with Gasteiger partial charge in [0.2, 0.25) is 0 Å². The van der Waals surface area contributed by atoms with Gasteiger partial charge in [0.1, 0.15) is 6.07 Å². The first-order valence-corrected chi connectivity index (χ1v) is 7.56. The first-order valence-electron chi connectivity index (χ1n) is 6.68. The van der Waals surface area contributed by atoms with E-state index >= 15 is 0 Å². The van der Waals surface area contributed by atoms with Gasteiger partial charge in [0.15, 0.2) is 6.04 Å². The van der Waals surface area contributed by atoms with E-state index in [9.17, 15) is 15.2 Å². The summed E-state index contributed by atoms with van der Waals surface area (Å²) in [5.74, 6) is -0.876. The fourth-order valence-electron chi connectivity index (χ4n) is 2.83. The standard InChI is InChI=1S/C16H14N2O2S/c1-10-2-3-13(11(8-10)9-17)18-6-4-14-12(5-7-21-14)15(18)16(19)20/h2-3,5,7-8,15H,4,6H2,1H3,(H,19,20). The summed E-state index contributed by atoms with van der Waals surface area (Å²) in [5.41, 5.74) is 3.07. The van der Waals surface area contributed by atoms with Crippen molar-refractivity contribution < 1.29 is 9.90 Å². The Kier molecular flexibility index (Phi) is 3.40. The maximum atomic E-state index is 11.7. The van der Waals surface area contributed by atoms with Crippen LogP contribution in [-0.2, 0) is 11.2 Å². The number of hydrogen-bond donors (Lipinski definition) is 1. The minimum absolute atomic E-state index is 0.528. The molecule has 0 radical (unpaired) electrons. The second-order valence-electron chi connectivity index (χ2n) is 5.12. The minimum atomic E-state index is -0.876. The van der Waals surface area contributed by atoms with E-state index < -0.39 is 12.0 Å². The van der Waals surface area contributed by atoms with E-state index in [4.69, 9.17) is 0 Å². The molecule has 1 aromatic carbocycles. The number of rotatable bonds is 2. The lowest BCUT2D eigenvalue weighted by Crippen LogP contribution is -2.39. The molecule has 1 N–H and O–H groups in total. The van der Waals surface area contributed by atoms with Gasteiger partial charge in [0.25, 0.3) is 0 Å². The number of carboxylic acids is 1. The third-order valence-electron chi connectivity index (χ3n) is 3.78. The van der Waals surface area contributed by atoms with Crippen LogP contribution >= 0.6 is 11.3 Å². The molecule has 1 unspecified atom stereocenters. The summed E-state index contributed by atoms with van der Waals surface area (Å²) in [6.45, 7) is 2.54. The van der Waals surface area contributed by atoms with Gasteiger partial charge >= 0.3 is 5.97 Å². The van der Waals surface area contributed by atoms with Crippen LogP contribution in [0.1, 0.15) is 27.6 Å². The average molecular weight is 298 g/mol. The SMILES string of the molecule is Cc1ccc(N2CCc3sccc3C2C(=O)O)c(C#N)c1. The van der Waals surface area contributed by atoms with Crippen molar-refractivity contribution in [1.29, 1.82) is 5.26 Å². The van der Waals surface area contributed by atoms with Gasteiger partial charge in [-0.3, -0.25) is 0 Å². The second-order valence-corrected chi connectivity index (χ2v) is 6.12. The molecule has 0 spiro atoms. The third-order valence-corrected chi connectivity index (χ3v) is 4.78. The van der Waals surface area contributed by atoms with E-state index in [1.165, 1.54) is 0 Å². The van der Waals surface area contributed by atoms with Crippen LogP contribution in [0, 0.1) is 18.3 Å². The van der Waals surface area contributed by atoms with Gasteiger partial charge in [-0.15, -0.1) is 11.3 Å². The summed E-state index contributed by atoms with van der Waals surface area (Å²) in [5, 5.41) is 20.9. The Morgan fingerprint density at radius 3 is 3.00 bits per heavy atom. The molecule has 2 heterocycles. The summed E-state index contributed by atoms with van der Waals surface area (Å²) in [7, 11) is 0. The first kappa shape index (κ1) is 13.7. The highest BCUT2D eigenvalue weighted by molar-refractivity contribution is 7.10. The first-order chi connectivity index (χ1) is 10.1. The number of thiophene rings is 1. The molecule has 21 heavy (non-hydrogen) atoms. The Morgan fingerprint density at radius 1 is 1.48 bits per heavy atom. The van der Waals surface area contributed by atoms with E-state index in [1.54, 1.807) is 17.4 Å². The molecule has 1 aromatic heterocycles. The largest absolute Gasteiger partial charge is 0.479 e. The molecule has 1 atom stereocenters. The van der Waals surface area contributed by atoms with E-state index in [0.29, 0.717) is 17.8 Å². The highest BCUT2D eigenvalue weighted by atomic mass is 32.1. The lowest BCUT2D eigenvalue weighted by atomic mass is 9.97. The summed E-state index contributed by atoms with van der Waals surface area (Å²) in [4.78, 5) is 14.7. The normalized spacial score (nSPS) is 17.1. The van der Waals surface area contributed by atoms with Crippen LogP contribution in [0.3, 0.4) is 0 Å². The highest BCUT2D eigenvalue weighted by Crippen LogP contribution is 2.37. The van der Waals surface area contributed by atoms with Gasteiger partial charge in [-0.1, -0.05) is 6.07 Å². The molecule has 4 nitrogen and oxygen atoms in total. The van der Waals surface area contributed by atoms with E-state index in [0.717, 1.165) is 22.4 Å². The molecule has 2 aromatic rings. The van der Waals surface area contributed by atoms with Gasteiger partial charge in [-0.25, -0.2) is 4.79 Å². The predicted molar refractivity (Wildman–Crippen MR) is 81.6 cm³/mol. The second kappa shape index (κ2) is 5.23. The number of aliphatic carboxylic acids is 1. The quantitative estimate of drug-likeness (QED) is 0.925. The summed E-state index contributed by atoms with van der Waals surface area (Å²) in [6, 6.07) is 8.91. The number of aryl methyl sites for hydroxylation is 1. The number of fused-ring (bicyclic) bond motifs is 1. The van der Waals surface area contributed by atoms with E-state index in [-0.39, 0.29) is 0 Å². The van der Waals surface area contributed by atoms with E-state index in [2.05, 4.69) is 6.07 Å². The zero-order valence-corrected chi connectivity index (χ0v) is 12.4.